The second-order valence-corrected chi connectivity index (χ2v) is 4.94. The van der Waals surface area contributed by atoms with Crippen molar-refractivity contribution in [1.29, 1.82) is 0 Å². The molecule has 0 aliphatic carbocycles. The summed E-state index contributed by atoms with van der Waals surface area (Å²) in [6.07, 6.45) is 5.64. The van der Waals surface area contributed by atoms with Gasteiger partial charge in [-0.2, -0.15) is 5.10 Å². The highest BCUT2D eigenvalue weighted by Crippen LogP contribution is 2.14. The topological polar surface area (TPSA) is 30.7 Å². The molecule has 0 saturated heterocycles. The minimum Gasteiger partial charge on any atom is -0.266 e. The Morgan fingerprint density at radius 1 is 1.54 bits per heavy atom. The van der Waals surface area contributed by atoms with E-state index in [1.165, 1.54) is 4.88 Å². The summed E-state index contributed by atoms with van der Waals surface area (Å²) in [5.74, 6) is 0. The number of hydrogen-bond acceptors (Lipinski definition) is 3. The van der Waals surface area contributed by atoms with Crippen molar-refractivity contribution in [3.8, 4) is 0 Å². The van der Waals surface area contributed by atoms with Crippen LogP contribution in [0.4, 0.5) is 0 Å². The average molecular weight is 258 g/mol. The number of aryl methyl sites for hydroxylation is 1. The van der Waals surface area contributed by atoms with Crippen molar-refractivity contribution >= 4 is 27.3 Å². The molecule has 0 atom stereocenters. The summed E-state index contributed by atoms with van der Waals surface area (Å²) >= 11 is 5.06. The molecule has 2 aromatic rings. The molecule has 2 heterocycles. The smallest absolute Gasteiger partial charge is 0.0897 e. The number of hydrogen-bond donors (Lipinski definition) is 0. The Bertz CT molecular complexity index is 369. The lowest BCUT2D eigenvalue weighted by molar-refractivity contribution is 0.693. The van der Waals surface area contributed by atoms with Gasteiger partial charge in [0.2, 0.25) is 0 Å². The Hall–Kier alpha value is -0.680. The van der Waals surface area contributed by atoms with Gasteiger partial charge in [0.15, 0.2) is 0 Å². The van der Waals surface area contributed by atoms with Gasteiger partial charge in [0.25, 0.3) is 0 Å². The fraction of sp³-hybridized carbons (Fsp3) is 0.250. The van der Waals surface area contributed by atoms with Gasteiger partial charge < -0.3 is 0 Å². The van der Waals surface area contributed by atoms with Crippen LogP contribution in [0.15, 0.2) is 23.1 Å². The highest BCUT2D eigenvalue weighted by Gasteiger charge is 2.00. The third kappa shape index (κ3) is 2.16. The highest BCUT2D eigenvalue weighted by atomic mass is 79.9. The summed E-state index contributed by atoms with van der Waals surface area (Å²) in [7, 11) is 0. The van der Waals surface area contributed by atoms with E-state index in [0.717, 1.165) is 16.0 Å². The molecule has 0 bridgehead atoms. The first-order chi connectivity index (χ1) is 6.24. The summed E-state index contributed by atoms with van der Waals surface area (Å²) in [5.41, 5.74) is 0. The fourth-order valence-corrected chi connectivity index (χ4v) is 2.18. The van der Waals surface area contributed by atoms with Crippen molar-refractivity contribution in [3.05, 3.63) is 32.9 Å². The summed E-state index contributed by atoms with van der Waals surface area (Å²) in [6, 6.07) is 0. The highest BCUT2D eigenvalue weighted by molar-refractivity contribution is 9.10. The molecular weight excluding hydrogens is 250 g/mol. The van der Waals surface area contributed by atoms with Gasteiger partial charge in [-0.05, 0) is 22.9 Å². The van der Waals surface area contributed by atoms with Crippen molar-refractivity contribution in [1.82, 2.24) is 14.8 Å². The number of aromatic nitrogens is 3. The zero-order chi connectivity index (χ0) is 9.26. The normalized spacial score (nSPS) is 10.6. The molecule has 0 radical (unpaired) electrons. The van der Waals surface area contributed by atoms with Crippen LogP contribution in [0.1, 0.15) is 9.88 Å². The van der Waals surface area contributed by atoms with Crippen molar-refractivity contribution in [2.24, 2.45) is 0 Å². The maximum Gasteiger partial charge on any atom is 0.0897 e. The van der Waals surface area contributed by atoms with Crippen LogP contribution in [-0.4, -0.2) is 14.8 Å². The molecule has 68 valence electrons. The number of nitrogens with zero attached hydrogens (tertiary/aromatic N) is 3. The molecule has 5 heteroatoms. The van der Waals surface area contributed by atoms with Gasteiger partial charge in [0.05, 0.1) is 22.2 Å². The molecule has 0 amide bonds. The van der Waals surface area contributed by atoms with E-state index < -0.39 is 0 Å². The average Bonchev–Trinajstić information content (AvgIpc) is 2.62. The van der Waals surface area contributed by atoms with E-state index in [2.05, 4.69) is 26.0 Å². The predicted octanol–water partition coefficient (Wildman–Crippen LogP) is 2.46. The second-order valence-electron chi connectivity index (χ2n) is 2.70. The molecule has 0 aliphatic heterocycles. The summed E-state index contributed by atoms with van der Waals surface area (Å²) < 4.78 is 2.89. The van der Waals surface area contributed by atoms with Gasteiger partial charge >= 0.3 is 0 Å². The molecule has 0 aromatic carbocycles. The zero-order valence-electron chi connectivity index (χ0n) is 7.07. The lowest BCUT2D eigenvalue weighted by Gasteiger charge is -1.95. The maximum absolute atomic E-state index is 4.19. The van der Waals surface area contributed by atoms with Gasteiger partial charge in [-0.15, -0.1) is 11.3 Å². The molecule has 0 saturated carbocycles. The minimum atomic E-state index is 0.803. The molecule has 13 heavy (non-hydrogen) atoms. The van der Waals surface area contributed by atoms with Crippen molar-refractivity contribution in [2.75, 3.05) is 0 Å². The molecule has 0 unspecified atom stereocenters. The quantitative estimate of drug-likeness (QED) is 0.828. The molecule has 3 nitrogen and oxygen atoms in total. The Labute approximate surface area is 88.6 Å². The van der Waals surface area contributed by atoms with Crippen molar-refractivity contribution < 1.29 is 0 Å². The molecule has 0 fully saturated rings. The second kappa shape index (κ2) is 3.59. The Morgan fingerprint density at radius 3 is 2.92 bits per heavy atom. The standard InChI is InChI=1S/C8H8BrN3S/c1-6-10-3-8(13-6)5-12-4-7(9)2-11-12/h2-4H,5H2,1H3. The Balaban J connectivity index is 2.14. The Morgan fingerprint density at radius 2 is 2.38 bits per heavy atom. The zero-order valence-corrected chi connectivity index (χ0v) is 9.47. The number of thiazole rings is 1. The van der Waals surface area contributed by atoms with E-state index in [4.69, 9.17) is 0 Å². The Kier molecular flexibility index (Phi) is 2.46. The number of rotatable bonds is 2. The van der Waals surface area contributed by atoms with Crippen LogP contribution in [0.3, 0.4) is 0 Å². The molecular formula is C8H8BrN3S. The van der Waals surface area contributed by atoms with E-state index in [1.54, 1.807) is 17.5 Å². The molecule has 2 rings (SSSR count). The number of halogens is 1. The van der Waals surface area contributed by atoms with Crippen LogP contribution in [0.5, 0.6) is 0 Å². The summed E-state index contributed by atoms with van der Waals surface area (Å²) in [6.45, 7) is 2.81. The van der Waals surface area contributed by atoms with E-state index in [-0.39, 0.29) is 0 Å². The van der Waals surface area contributed by atoms with Crippen LogP contribution in [-0.2, 0) is 6.54 Å². The van der Waals surface area contributed by atoms with Crippen LogP contribution in [0.25, 0.3) is 0 Å². The van der Waals surface area contributed by atoms with E-state index >= 15 is 0 Å². The van der Waals surface area contributed by atoms with Crippen LogP contribution in [0.2, 0.25) is 0 Å². The third-order valence-corrected chi connectivity index (χ3v) is 2.90. The predicted molar refractivity (Wildman–Crippen MR) is 55.9 cm³/mol. The summed E-state index contributed by atoms with van der Waals surface area (Å²) in [4.78, 5) is 5.41. The first kappa shape index (κ1) is 8.90. The van der Waals surface area contributed by atoms with Gasteiger partial charge in [-0.1, -0.05) is 0 Å². The molecule has 0 spiro atoms. The lowest BCUT2D eigenvalue weighted by atomic mass is 10.5. The van der Waals surface area contributed by atoms with Gasteiger partial charge in [-0.25, -0.2) is 4.98 Å². The first-order valence-electron chi connectivity index (χ1n) is 3.83. The molecule has 2 aromatic heterocycles. The fourth-order valence-electron chi connectivity index (χ4n) is 1.06. The van der Waals surface area contributed by atoms with Crippen molar-refractivity contribution in [2.45, 2.75) is 13.5 Å². The van der Waals surface area contributed by atoms with E-state index in [0.29, 0.717) is 0 Å². The molecule has 0 aliphatic rings. The summed E-state index contributed by atoms with van der Waals surface area (Å²) in [5, 5.41) is 5.27. The van der Waals surface area contributed by atoms with Crippen LogP contribution >= 0.6 is 27.3 Å². The van der Waals surface area contributed by atoms with Gasteiger partial charge in [0.1, 0.15) is 0 Å². The molecule has 0 N–H and O–H groups in total. The largest absolute Gasteiger partial charge is 0.266 e. The maximum atomic E-state index is 4.19. The van der Waals surface area contributed by atoms with Crippen LogP contribution in [0, 0.1) is 6.92 Å². The van der Waals surface area contributed by atoms with E-state index in [9.17, 15) is 0 Å². The minimum absolute atomic E-state index is 0.803. The monoisotopic (exact) mass is 257 g/mol. The van der Waals surface area contributed by atoms with Gasteiger partial charge in [0, 0.05) is 17.3 Å². The lowest BCUT2D eigenvalue weighted by Crippen LogP contribution is -1.97. The van der Waals surface area contributed by atoms with Crippen LogP contribution < -0.4 is 0 Å². The van der Waals surface area contributed by atoms with E-state index in [1.807, 2.05) is 24.0 Å². The SMILES string of the molecule is Cc1ncc(Cn2cc(Br)cn2)s1. The third-order valence-electron chi connectivity index (χ3n) is 1.59. The first-order valence-corrected chi connectivity index (χ1v) is 5.44. The van der Waals surface area contributed by atoms with Crippen molar-refractivity contribution in [3.63, 3.8) is 0 Å². The van der Waals surface area contributed by atoms with Gasteiger partial charge in [-0.3, -0.25) is 4.68 Å².